The molecule has 0 radical (unpaired) electrons. The third-order valence-electron chi connectivity index (χ3n) is 5.58. The van der Waals surface area contributed by atoms with Gasteiger partial charge in [-0.05, 0) is 55.8 Å². The first-order valence-electron chi connectivity index (χ1n) is 11.3. The lowest BCUT2D eigenvalue weighted by atomic mass is 10.1. The number of hydrogen-bond donors (Lipinski definition) is 1. The van der Waals surface area contributed by atoms with Gasteiger partial charge in [-0.2, -0.15) is 4.31 Å². The fourth-order valence-corrected chi connectivity index (χ4v) is 5.10. The number of sulfonamides is 1. The number of nitrogens with zero attached hydrogens (tertiary/aromatic N) is 2. The Hall–Kier alpha value is -2.66. The minimum Gasteiger partial charge on any atom is -0.484 e. The molecule has 11 heteroatoms. The van der Waals surface area contributed by atoms with Crippen LogP contribution in [0.1, 0.15) is 19.4 Å². The lowest BCUT2D eigenvalue weighted by molar-refractivity contribution is -0.142. The summed E-state index contributed by atoms with van der Waals surface area (Å²) in [5, 5.41) is 3.31. The fourth-order valence-electron chi connectivity index (χ4n) is 3.56. The molecule has 1 heterocycles. The van der Waals surface area contributed by atoms with Crippen LogP contribution >= 0.6 is 11.6 Å². The molecule has 3 rings (SSSR count). The van der Waals surface area contributed by atoms with Crippen molar-refractivity contribution in [3.63, 3.8) is 0 Å². The Morgan fingerprint density at radius 2 is 1.74 bits per heavy atom. The van der Waals surface area contributed by atoms with Gasteiger partial charge in [0.05, 0.1) is 18.1 Å². The maximum Gasteiger partial charge on any atom is 0.261 e. The molecule has 1 aliphatic heterocycles. The van der Waals surface area contributed by atoms with Gasteiger partial charge in [-0.15, -0.1) is 0 Å². The Morgan fingerprint density at radius 1 is 1.11 bits per heavy atom. The summed E-state index contributed by atoms with van der Waals surface area (Å²) in [5.41, 5.74) is 0.816. The van der Waals surface area contributed by atoms with Gasteiger partial charge >= 0.3 is 0 Å². The Morgan fingerprint density at radius 3 is 2.34 bits per heavy atom. The molecule has 0 saturated carbocycles. The van der Waals surface area contributed by atoms with Crippen molar-refractivity contribution in [3.8, 4) is 5.75 Å². The number of amides is 2. The average molecular weight is 524 g/mol. The van der Waals surface area contributed by atoms with E-state index in [-0.39, 0.29) is 29.9 Å². The van der Waals surface area contributed by atoms with E-state index >= 15 is 0 Å². The second-order valence-electron chi connectivity index (χ2n) is 8.00. The summed E-state index contributed by atoms with van der Waals surface area (Å²) in [4.78, 5) is 27.1. The molecule has 1 unspecified atom stereocenters. The molecule has 1 aliphatic rings. The molecule has 2 amide bonds. The molecule has 2 aromatic rings. The molecule has 9 nitrogen and oxygen atoms in total. The van der Waals surface area contributed by atoms with Gasteiger partial charge in [-0.25, -0.2) is 8.42 Å². The number of carbonyl (C=O) groups excluding carboxylic acids is 2. The van der Waals surface area contributed by atoms with Crippen LogP contribution in [-0.4, -0.2) is 74.9 Å². The highest BCUT2D eigenvalue weighted by Gasteiger charge is 2.27. The van der Waals surface area contributed by atoms with Gasteiger partial charge in [-0.1, -0.05) is 23.7 Å². The highest BCUT2D eigenvalue weighted by molar-refractivity contribution is 7.89. The van der Waals surface area contributed by atoms with Crippen molar-refractivity contribution in [1.29, 1.82) is 0 Å². The monoisotopic (exact) mass is 523 g/mol. The molecular weight excluding hydrogens is 494 g/mol. The molecule has 1 saturated heterocycles. The van der Waals surface area contributed by atoms with Crippen LogP contribution in [0, 0.1) is 0 Å². The van der Waals surface area contributed by atoms with Crippen molar-refractivity contribution in [1.82, 2.24) is 14.5 Å². The van der Waals surface area contributed by atoms with E-state index in [1.807, 2.05) is 6.92 Å². The molecular formula is C24H30ClN3O6S. The van der Waals surface area contributed by atoms with Gasteiger partial charge in [0.2, 0.25) is 15.9 Å². The quantitative estimate of drug-likeness (QED) is 0.512. The fraction of sp³-hybridized carbons (Fsp3) is 0.417. The molecule has 1 N–H and O–H groups in total. The van der Waals surface area contributed by atoms with Crippen molar-refractivity contribution in [2.45, 2.75) is 31.3 Å². The number of benzene rings is 2. The van der Waals surface area contributed by atoms with E-state index in [1.54, 1.807) is 31.2 Å². The standard InChI is InChI=1S/C24H30ClN3O6S/c1-3-26-24(30)18(2)28(16-19-4-6-20(25)7-5-19)23(29)17-34-21-8-10-22(11-9-21)35(31,32)27-12-14-33-15-13-27/h4-11,18H,3,12-17H2,1-2H3,(H,26,30). The first-order valence-corrected chi connectivity index (χ1v) is 13.2. The third kappa shape index (κ3) is 7.17. The summed E-state index contributed by atoms with van der Waals surface area (Å²) in [5.74, 6) is -0.312. The van der Waals surface area contributed by atoms with Gasteiger partial charge in [0.25, 0.3) is 5.91 Å². The molecule has 1 fully saturated rings. The first-order chi connectivity index (χ1) is 16.7. The molecule has 35 heavy (non-hydrogen) atoms. The second kappa shape index (κ2) is 12.3. The van der Waals surface area contributed by atoms with Crippen LogP contribution in [-0.2, 0) is 30.9 Å². The zero-order chi connectivity index (χ0) is 25.4. The lowest BCUT2D eigenvalue weighted by Crippen LogP contribution is -2.49. The van der Waals surface area contributed by atoms with Gasteiger partial charge in [0.1, 0.15) is 11.8 Å². The number of hydrogen-bond acceptors (Lipinski definition) is 6. The number of nitrogens with one attached hydrogen (secondary N) is 1. The van der Waals surface area contributed by atoms with Gasteiger partial charge in [-0.3, -0.25) is 9.59 Å². The number of morpholine rings is 1. The normalized spacial score (nSPS) is 15.3. The Labute approximate surface area is 211 Å². The van der Waals surface area contributed by atoms with Gasteiger partial charge in [0.15, 0.2) is 6.61 Å². The molecule has 0 bridgehead atoms. The molecule has 2 aromatic carbocycles. The largest absolute Gasteiger partial charge is 0.484 e. The highest BCUT2D eigenvalue weighted by atomic mass is 35.5. The van der Waals surface area contributed by atoms with Crippen LogP contribution in [0.15, 0.2) is 53.4 Å². The molecule has 1 atom stereocenters. The Balaban J connectivity index is 1.67. The first kappa shape index (κ1) is 26.9. The average Bonchev–Trinajstić information content (AvgIpc) is 2.87. The maximum atomic E-state index is 13.1. The van der Waals surface area contributed by atoms with E-state index in [1.165, 1.54) is 33.5 Å². The Bertz CT molecular complexity index is 1100. The number of carbonyl (C=O) groups is 2. The minimum atomic E-state index is -3.62. The molecule has 0 aliphatic carbocycles. The number of halogens is 1. The van der Waals surface area contributed by atoms with E-state index in [0.29, 0.717) is 43.6 Å². The van der Waals surface area contributed by atoms with Crippen molar-refractivity contribution in [3.05, 3.63) is 59.1 Å². The predicted octanol–water partition coefficient (Wildman–Crippen LogP) is 2.29. The van der Waals surface area contributed by atoms with E-state index in [4.69, 9.17) is 21.1 Å². The Kier molecular flexibility index (Phi) is 9.50. The summed E-state index contributed by atoms with van der Waals surface area (Å²) in [6.45, 7) is 5.15. The van der Waals surface area contributed by atoms with E-state index in [0.717, 1.165) is 5.56 Å². The summed E-state index contributed by atoms with van der Waals surface area (Å²) in [6.07, 6.45) is 0. The van der Waals surface area contributed by atoms with Crippen LogP contribution in [0.3, 0.4) is 0 Å². The number of rotatable bonds is 10. The van der Waals surface area contributed by atoms with Crippen molar-refractivity contribution >= 4 is 33.4 Å². The summed E-state index contributed by atoms with van der Waals surface area (Å²) in [6, 6.07) is 12.2. The van der Waals surface area contributed by atoms with Crippen LogP contribution in [0.4, 0.5) is 0 Å². The molecule has 0 spiro atoms. The van der Waals surface area contributed by atoms with Crippen molar-refractivity contribution < 1.29 is 27.5 Å². The smallest absolute Gasteiger partial charge is 0.261 e. The van der Waals surface area contributed by atoms with Crippen molar-refractivity contribution in [2.75, 3.05) is 39.5 Å². The van der Waals surface area contributed by atoms with E-state index < -0.39 is 16.1 Å². The minimum absolute atomic E-state index is 0.146. The summed E-state index contributed by atoms with van der Waals surface area (Å²) < 4.78 is 37.8. The van der Waals surface area contributed by atoms with E-state index in [9.17, 15) is 18.0 Å². The zero-order valence-corrected chi connectivity index (χ0v) is 21.3. The van der Waals surface area contributed by atoms with Crippen LogP contribution in [0.25, 0.3) is 0 Å². The second-order valence-corrected chi connectivity index (χ2v) is 10.4. The van der Waals surface area contributed by atoms with Gasteiger partial charge in [0, 0.05) is 31.2 Å². The molecule has 190 valence electrons. The number of likely N-dealkylation sites (N-methyl/N-ethyl adjacent to an activating group) is 1. The SMILES string of the molecule is CCNC(=O)C(C)N(Cc1ccc(Cl)cc1)C(=O)COc1ccc(S(=O)(=O)N2CCOCC2)cc1. The number of ether oxygens (including phenoxy) is 2. The lowest BCUT2D eigenvalue weighted by Gasteiger charge is -2.28. The van der Waals surface area contributed by atoms with Gasteiger partial charge < -0.3 is 19.7 Å². The third-order valence-corrected chi connectivity index (χ3v) is 7.74. The van der Waals surface area contributed by atoms with Crippen LogP contribution < -0.4 is 10.1 Å². The van der Waals surface area contributed by atoms with E-state index in [2.05, 4.69) is 5.32 Å². The topological polar surface area (TPSA) is 105 Å². The van der Waals surface area contributed by atoms with Crippen molar-refractivity contribution in [2.24, 2.45) is 0 Å². The molecule has 0 aromatic heterocycles. The maximum absolute atomic E-state index is 13.1. The van der Waals surface area contributed by atoms with Crippen LogP contribution in [0.2, 0.25) is 5.02 Å². The summed E-state index contributed by atoms with van der Waals surface area (Å²) in [7, 11) is -3.62. The van der Waals surface area contributed by atoms with Crippen LogP contribution in [0.5, 0.6) is 5.75 Å². The highest BCUT2D eigenvalue weighted by Crippen LogP contribution is 2.21. The zero-order valence-electron chi connectivity index (χ0n) is 19.8. The summed E-state index contributed by atoms with van der Waals surface area (Å²) >= 11 is 5.96. The predicted molar refractivity (Wildman–Crippen MR) is 132 cm³/mol.